The number of aromatic nitrogens is 3. The molecule has 0 amide bonds. The van der Waals surface area contributed by atoms with Crippen molar-refractivity contribution in [2.75, 3.05) is 0 Å². The minimum Gasteiger partial charge on any atom is -0.213 e. The van der Waals surface area contributed by atoms with E-state index in [9.17, 15) is 0 Å². The predicted molar refractivity (Wildman–Crippen MR) is 85.9 cm³/mol. The Labute approximate surface area is 120 Å². The molecule has 0 radical (unpaired) electrons. The van der Waals surface area contributed by atoms with Crippen molar-refractivity contribution in [1.29, 1.82) is 0 Å². The van der Waals surface area contributed by atoms with Gasteiger partial charge in [0.05, 0.1) is 0 Å². The van der Waals surface area contributed by atoms with Crippen LogP contribution in [0.25, 0.3) is 11.1 Å². The first kappa shape index (κ1) is 15.5. The van der Waals surface area contributed by atoms with Gasteiger partial charge < -0.3 is 0 Å². The average molecular weight is 265 g/mol. The second-order valence-corrected chi connectivity index (χ2v) is 3.95. The monoisotopic (exact) mass is 265 g/mol. The van der Waals surface area contributed by atoms with Gasteiger partial charge in [-0.3, -0.25) is 0 Å². The molecule has 0 aromatic carbocycles. The van der Waals surface area contributed by atoms with Gasteiger partial charge >= 0.3 is 0 Å². The summed E-state index contributed by atoms with van der Waals surface area (Å²) in [5, 5.41) is 0. The van der Waals surface area contributed by atoms with Gasteiger partial charge in [0, 0.05) is 11.1 Å². The van der Waals surface area contributed by atoms with Gasteiger partial charge in [-0.25, -0.2) is 15.0 Å². The van der Waals surface area contributed by atoms with Crippen molar-refractivity contribution in [3.63, 3.8) is 0 Å². The van der Waals surface area contributed by atoms with Crippen molar-refractivity contribution >= 4 is 11.1 Å². The van der Waals surface area contributed by atoms with Crippen LogP contribution in [0.15, 0.2) is 62.3 Å². The molecule has 1 aromatic rings. The summed E-state index contributed by atoms with van der Waals surface area (Å²) >= 11 is 0. The second-order valence-electron chi connectivity index (χ2n) is 3.95. The van der Waals surface area contributed by atoms with E-state index in [1.165, 1.54) is 0 Å². The SMILES string of the molecule is C=C/C=C(\C=C)c1nc(C)nc(C(/C=C\C)=C/C=C)n1. The first-order valence-electron chi connectivity index (χ1n) is 6.30. The van der Waals surface area contributed by atoms with E-state index in [1.54, 1.807) is 18.2 Å². The van der Waals surface area contributed by atoms with Crippen LogP contribution >= 0.6 is 0 Å². The van der Waals surface area contributed by atoms with Crippen LogP contribution in [0.1, 0.15) is 24.4 Å². The lowest BCUT2D eigenvalue weighted by Gasteiger charge is -2.06. The third-order valence-electron chi connectivity index (χ3n) is 2.42. The van der Waals surface area contributed by atoms with Crippen LogP contribution in [0.4, 0.5) is 0 Å². The Hall–Kier alpha value is -2.55. The summed E-state index contributed by atoms with van der Waals surface area (Å²) in [7, 11) is 0. The van der Waals surface area contributed by atoms with Gasteiger partial charge in [0.15, 0.2) is 11.6 Å². The maximum Gasteiger partial charge on any atom is 0.163 e. The largest absolute Gasteiger partial charge is 0.213 e. The maximum absolute atomic E-state index is 4.48. The third-order valence-corrected chi connectivity index (χ3v) is 2.42. The fraction of sp³-hybridized carbons (Fsp3) is 0.118. The van der Waals surface area contributed by atoms with E-state index >= 15 is 0 Å². The summed E-state index contributed by atoms with van der Waals surface area (Å²) in [4.78, 5) is 13.2. The van der Waals surface area contributed by atoms with Crippen LogP contribution in [-0.2, 0) is 0 Å². The molecule has 0 fully saturated rings. The molecule has 102 valence electrons. The van der Waals surface area contributed by atoms with Gasteiger partial charge in [-0.2, -0.15) is 0 Å². The van der Waals surface area contributed by atoms with E-state index in [4.69, 9.17) is 0 Å². The zero-order chi connectivity index (χ0) is 15.0. The van der Waals surface area contributed by atoms with Gasteiger partial charge in [-0.1, -0.05) is 62.3 Å². The van der Waals surface area contributed by atoms with E-state index in [0.29, 0.717) is 17.5 Å². The summed E-state index contributed by atoms with van der Waals surface area (Å²) < 4.78 is 0. The first-order valence-corrected chi connectivity index (χ1v) is 6.30. The maximum atomic E-state index is 4.48. The minimum absolute atomic E-state index is 0.585. The molecule has 0 saturated carbocycles. The van der Waals surface area contributed by atoms with Crippen molar-refractivity contribution in [2.24, 2.45) is 0 Å². The van der Waals surface area contributed by atoms with Crippen molar-refractivity contribution in [1.82, 2.24) is 15.0 Å². The Kier molecular flexibility index (Phi) is 6.04. The van der Waals surface area contributed by atoms with E-state index in [0.717, 1.165) is 11.1 Å². The molecule has 0 spiro atoms. The summed E-state index contributed by atoms with van der Waals surface area (Å²) in [5.74, 6) is 1.85. The van der Waals surface area contributed by atoms with Crippen molar-refractivity contribution in [3.05, 3.63) is 79.7 Å². The van der Waals surface area contributed by atoms with E-state index in [2.05, 4.69) is 34.7 Å². The predicted octanol–water partition coefficient (Wildman–Crippen LogP) is 4.08. The van der Waals surface area contributed by atoms with Gasteiger partial charge in [0.2, 0.25) is 0 Å². The zero-order valence-electron chi connectivity index (χ0n) is 12.0. The molecule has 0 saturated heterocycles. The topological polar surface area (TPSA) is 38.7 Å². The van der Waals surface area contributed by atoms with Crippen LogP contribution in [0.3, 0.4) is 0 Å². The highest BCUT2D eigenvalue weighted by atomic mass is 15.0. The Morgan fingerprint density at radius 2 is 1.45 bits per heavy atom. The van der Waals surface area contributed by atoms with E-state index in [-0.39, 0.29) is 0 Å². The highest BCUT2D eigenvalue weighted by Crippen LogP contribution is 2.16. The van der Waals surface area contributed by atoms with E-state index in [1.807, 2.05) is 38.2 Å². The lowest BCUT2D eigenvalue weighted by atomic mass is 10.2. The molecule has 0 aliphatic rings. The summed E-state index contributed by atoms with van der Waals surface area (Å²) in [6.07, 6.45) is 12.6. The van der Waals surface area contributed by atoms with Crippen LogP contribution in [0.5, 0.6) is 0 Å². The van der Waals surface area contributed by atoms with E-state index < -0.39 is 0 Å². The van der Waals surface area contributed by atoms with Crippen LogP contribution < -0.4 is 0 Å². The minimum atomic E-state index is 0.585. The Morgan fingerprint density at radius 3 is 1.95 bits per heavy atom. The molecule has 0 aliphatic carbocycles. The van der Waals surface area contributed by atoms with Crippen LogP contribution in [0.2, 0.25) is 0 Å². The molecule has 3 heteroatoms. The quantitative estimate of drug-likeness (QED) is 0.727. The lowest BCUT2D eigenvalue weighted by molar-refractivity contribution is 0.934. The molecule has 20 heavy (non-hydrogen) atoms. The fourth-order valence-corrected chi connectivity index (χ4v) is 1.61. The molecular weight excluding hydrogens is 246 g/mol. The van der Waals surface area contributed by atoms with Crippen molar-refractivity contribution < 1.29 is 0 Å². The number of aryl methyl sites for hydroxylation is 1. The fourth-order valence-electron chi connectivity index (χ4n) is 1.61. The zero-order valence-corrected chi connectivity index (χ0v) is 12.0. The smallest absolute Gasteiger partial charge is 0.163 e. The number of nitrogens with zero attached hydrogens (tertiary/aromatic N) is 3. The van der Waals surface area contributed by atoms with Crippen LogP contribution in [0, 0.1) is 6.92 Å². The number of hydrogen-bond acceptors (Lipinski definition) is 3. The Bertz CT molecular complexity index is 605. The molecule has 0 aliphatic heterocycles. The van der Waals surface area contributed by atoms with Gasteiger partial charge in [0.25, 0.3) is 0 Å². The summed E-state index contributed by atoms with van der Waals surface area (Å²) in [5.41, 5.74) is 1.70. The highest BCUT2D eigenvalue weighted by Gasteiger charge is 2.08. The molecule has 0 bridgehead atoms. The van der Waals surface area contributed by atoms with Gasteiger partial charge in [-0.05, 0) is 13.8 Å². The molecule has 0 N–H and O–H groups in total. The van der Waals surface area contributed by atoms with Crippen molar-refractivity contribution in [2.45, 2.75) is 13.8 Å². The Morgan fingerprint density at radius 1 is 0.900 bits per heavy atom. The number of hydrogen-bond donors (Lipinski definition) is 0. The average Bonchev–Trinajstić information content (AvgIpc) is 2.43. The van der Waals surface area contributed by atoms with Gasteiger partial charge in [0.1, 0.15) is 5.82 Å². The highest BCUT2D eigenvalue weighted by molar-refractivity contribution is 5.74. The molecule has 0 unspecified atom stereocenters. The second kappa shape index (κ2) is 7.79. The standard InChI is InChI=1S/C17H19N3/c1-6-10-14(9-4)16-18-13(5)19-17(20-16)15(11-7-2)12-8-3/h6-12H,1-2,4H2,3,5H3/b12-8-,14-10+,15-11+. The number of allylic oxidation sites excluding steroid dienone is 9. The molecule has 3 nitrogen and oxygen atoms in total. The Balaban J connectivity index is 3.44. The van der Waals surface area contributed by atoms with Crippen LogP contribution in [-0.4, -0.2) is 15.0 Å². The molecule has 0 atom stereocenters. The lowest BCUT2D eigenvalue weighted by Crippen LogP contribution is -2.03. The molecule has 1 heterocycles. The summed E-state index contributed by atoms with van der Waals surface area (Å²) in [6.45, 7) is 14.9. The van der Waals surface area contributed by atoms with Crippen molar-refractivity contribution in [3.8, 4) is 0 Å². The third kappa shape index (κ3) is 3.99. The number of rotatable bonds is 6. The van der Waals surface area contributed by atoms with Gasteiger partial charge in [-0.15, -0.1) is 0 Å². The molecular formula is C17H19N3. The summed E-state index contributed by atoms with van der Waals surface area (Å²) in [6, 6.07) is 0. The normalized spacial score (nSPS) is 12.5. The molecule has 1 aromatic heterocycles. The first-order chi connectivity index (χ1) is 9.65. The molecule has 1 rings (SSSR count).